The maximum absolute atomic E-state index is 11.3. The van der Waals surface area contributed by atoms with Gasteiger partial charge in [0.25, 0.3) is 0 Å². The molecule has 2 heterocycles. The summed E-state index contributed by atoms with van der Waals surface area (Å²) < 4.78 is 21.0. The molecule has 4 unspecified atom stereocenters. The van der Waals surface area contributed by atoms with Crippen molar-refractivity contribution in [2.45, 2.75) is 38.4 Å². The second kappa shape index (κ2) is 6.14. The lowest BCUT2D eigenvalue weighted by Gasteiger charge is -2.21. The minimum Gasteiger partial charge on any atom is -0.455 e. The fourth-order valence-electron chi connectivity index (χ4n) is 2.07. The van der Waals surface area contributed by atoms with Crippen molar-refractivity contribution in [3.05, 3.63) is 5.82 Å². The highest BCUT2D eigenvalue weighted by molar-refractivity contribution is 5.67. The van der Waals surface area contributed by atoms with E-state index in [1.807, 2.05) is 0 Å². The average Bonchev–Trinajstić information content (AvgIpc) is 2.94. The van der Waals surface area contributed by atoms with E-state index in [4.69, 9.17) is 18.9 Å². The monoisotopic (exact) mass is 300 g/mol. The second-order valence-electron chi connectivity index (χ2n) is 4.45. The van der Waals surface area contributed by atoms with Gasteiger partial charge in [-0.1, -0.05) is 0 Å². The van der Waals surface area contributed by atoms with Crippen LogP contribution in [0.15, 0.2) is 0 Å². The van der Waals surface area contributed by atoms with Crippen molar-refractivity contribution in [2.24, 2.45) is 7.05 Å². The molecule has 0 spiro atoms. The van der Waals surface area contributed by atoms with Gasteiger partial charge < -0.3 is 18.9 Å². The number of methoxy groups -OCH3 is 1. The summed E-state index contributed by atoms with van der Waals surface area (Å²) in [5.41, 5.74) is 0. The molecule has 1 saturated heterocycles. The number of aryl methyl sites for hydroxylation is 1. The van der Waals surface area contributed by atoms with Crippen molar-refractivity contribution in [1.82, 2.24) is 20.2 Å². The lowest BCUT2D eigenvalue weighted by molar-refractivity contribution is -0.180. The van der Waals surface area contributed by atoms with Gasteiger partial charge in [-0.25, -0.2) is 0 Å². The van der Waals surface area contributed by atoms with E-state index in [0.717, 1.165) is 0 Å². The lowest BCUT2D eigenvalue weighted by Crippen LogP contribution is -2.38. The summed E-state index contributed by atoms with van der Waals surface area (Å²) in [6, 6.07) is 0. The maximum Gasteiger partial charge on any atom is 0.303 e. The summed E-state index contributed by atoms with van der Waals surface area (Å²) in [6.07, 6.45) is -3.56. The maximum atomic E-state index is 11.3. The first-order chi connectivity index (χ1) is 9.92. The van der Waals surface area contributed by atoms with Crippen LogP contribution >= 0.6 is 0 Å². The van der Waals surface area contributed by atoms with Crippen LogP contribution < -0.4 is 0 Å². The second-order valence-corrected chi connectivity index (χ2v) is 4.45. The van der Waals surface area contributed by atoms with Gasteiger partial charge in [0.1, 0.15) is 0 Å². The lowest BCUT2D eigenvalue weighted by atomic mass is 10.1. The standard InChI is InChI=1S/C11H16N4O6/c1-5(16)19-7-8(10-12-14-15(3)13-10)21-11(18-4)9(7)20-6(2)17/h7-9,11H,1-4H3. The van der Waals surface area contributed by atoms with Crippen molar-refractivity contribution in [3.63, 3.8) is 0 Å². The number of tetrazole rings is 1. The predicted molar refractivity (Wildman–Crippen MR) is 64.5 cm³/mol. The molecular formula is C11H16N4O6. The Morgan fingerprint density at radius 2 is 1.81 bits per heavy atom. The molecule has 0 aliphatic carbocycles. The van der Waals surface area contributed by atoms with E-state index in [0.29, 0.717) is 0 Å². The highest BCUT2D eigenvalue weighted by atomic mass is 16.7. The molecule has 0 aromatic carbocycles. The number of esters is 2. The largest absolute Gasteiger partial charge is 0.455 e. The molecule has 4 atom stereocenters. The van der Waals surface area contributed by atoms with Crippen LogP contribution in [0.4, 0.5) is 0 Å². The molecule has 21 heavy (non-hydrogen) atoms. The van der Waals surface area contributed by atoms with Crippen LogP contribution in [0.5, 0.6) is 0 Å². The minimum absolute atomic E-state index is 0.209. The zero-order valence-corrected chi connectivity index (χ0v) is 12.0. The van der Waals surface area contributed by atoms with Crippen LogP contribution in [-0.2, 0) is 35.6 Å². The summed E-state index contributed by atoms with van der Waals surface area (Å²) in [6.45, 7) is 2.48. The first-order valence-corrected chi connectivity index (χ1v) is 6.19. The third-order valence-corrected chi connectivity index (χ3v) is 2.79. The van der Waals surface area contributed by atoms with Crippen LogP contribution in [0, 0.1) is 0 Å². The highest BCUT2D eigenvalue weighted by Crippen LogP contribution is 2.36. The Hall–Kier alpha value is -2.07. The van der Waals surface area contributed by atoms with E-state index in [2.05, 4.69) is 15.4 Å². The number of ether oxygens (including phenoxy) is 4. The zero-order valence-electron chi connectivity index (χ0n) is 12.0. The van der Waals surface area contributed by atoms with Gasteiger partial charge in [0.05, 0.1) is 7.05 Å². The summed E-state index contributed by atoms with van der Waals surface area (Å²) in [5.74, 6) is -0.887. The zero-order chi connectivity index (χ0) is 15.6. The summed E-state index contributed by atoms with van der Waals surface area (Å²) in [7, 11) is 2.97. The Kier molecular flexibility index (Phi) is 4.48. The van der Waals surface area contributed by atoms with Gasteiger partial charge >= 0.3 is 11.9 Å². The SMILES string of the molecule is COC1OC(c2nnn(C)n2)C(OC(C)=O)C1OC(C)=O. The van der Waals surface area contributed by atoms with Crippen LogP contribution in [0.2, 0.25) is 0 Å². The Morgan fingerprint density at radius 3 is 2.29 bits per heavy atom. The van der Waals surface area contributed by atoms with Gasteiger partial charge in [0.2, 0.25) is 5.82 Å². The Bertz CT molecular complexity index is 533. The predicted octanol–water partition coefficient (Wildman–Crippen LogP) is -0.883. The quantitative estimate of drug-likeness (QED) is 0.653. The third kappa shape index (κ3) is 3.34. The van der Waals surface area contributed by atoms with Crippen molar-refractivity contribution >= 4 is 11.9 Å². The molecule has 1 aromatic rings. The van der Waals surface area contributed by atoms with Gasteiger partial charge in [-0.15, -0.1) is 10.2 Å². The molecule has 0 bridgehead atoms. The van der Waals surface area contributed by atoms with Gasteiger partial charge in [0, 0.05) is 21.0 Å². The first-order valence-electron chi connectivity index (χ1n) is 6.19. The molecule has 1 aliphatic rings. The average molecular weight is 300 g/mol. The molecule has 1 aliphatic heterocycles. The molecule has 10 heteroatoms. The van der Waals surface area contributed by atoms with Crippen molar-refractivity contribution in [2.75, 3.05) is 7.11 Å². The van der Waals surface area contributed by atoms with E-state index >= 15 is 0 Å². The first kappa shape index (κ1) is 15.3. The molecular weight excluding hydrogens is 284 g/mol. The van der Waals surface area contributed by atoms with Gasteiger partial charge in [-0.3, -0.25) is 9.59 Å². The Labute approximate surface area is 120 Å². The van der Waals surface area contributed by atoms with E-state index < -0.39 is 36.5 Å². The van der Waals surface area contributed by atoms with Crippen LogP contribution in [0.3, 0.4) is 0 Å². The smallest absolute Gasteiger partial charge is 0.303 e. The van der Waals surface area contributed by atoms with E-state index in [1.54, 1.807) is 7.05 Å². The summed E-state index contributed by atoms with van der Waals surface area (Å²) in [4.78, 5) is 23.7. The van der Waals surface area contributed by atoms with Crippen molar-refractivity contribution < 1.29 is 28.5 Å². The molecule has 0 radical (unpaired) electrons. The summed E-state index contributed by atoms with van der Waals surface area (Å²) in [5, 5.41) is 11.5. The number of carbonyl (C=O) groups is 2. The fourth-order valence-corrected chi connectivity index (χ4v) is 2.07. The molecule has 0 saturated carbocycles. The molecule has 0 N–H and O–H groups in total. The number of hydrogen-bond donors (Lipinski definition) is 0. The number of aromatic nitrogens is 4. The van der Waals surface area contributed by atoms with Crippen LogP contribution in [0.25, 0.3) is 0 Å². The molecule has 116 valence electrons. The number of hydrogen-bond acceptors (Lipinski definition) is 9. The van der Waals surface area contributed by atoms with E-state index in [9.17, 15) is 9.59 Å². The molecule has 0 amide bonds. The topological polar surface area (TPSA) is 115 Å². The van der Waals surface area contributed by atoms with E-state index in [1.165, 1.54) is 25.8 Å². The third-order valence-electron chi connectivity index (χ3n) is 2.79. The van der Waals surface area contributed by atoms with Gasteiger partial charge in [-0.05, 0) is 5.21 Å². The summed E-state index contributed by atoms with van der Waals surface area (Å²) >= 11 is 0. The van der Waals surface area contributed by atoms with Crippen molar-refractivity contribution in [1.29, 1.82) is 0 Å². The number of rotatable bonds is 4. The highest BCUT2D eigenvalue weighted by Gasteiger charge is 2.51. The molecule has 1 fully saturated rings. The number of nitrogens with zero attached hydrogens (tertiary/aromatic N) is 4. The number of carbonyl (C=O) groups excluding carboxylic acids is 2. The van der Waals surface area contributed by atoms with Gasteiger partial charge in [-0.2, -0.15) is 4.80 Å². The molecule has 1 aromatic heterocycles. The van der Waals surface area contributed by atoms with Crippen LogP contribution in [-0.4, -0.2) is 57.8 Å². The molecule has 2 rings (SSSR count). The Balaban J connectivity index is 2.30. The normalized spacial score (nSPS) is 28.4. The Morgan fingerprint density at radius 1 is 1.19 bits per heavy atom. The fraction of sp³-hybridized carbons (Fsp3) is 0.727. The van der Waals surface area contributed by atoms with Crippen molar-refractivity contribution in [3.8, 4) is 0 Å². The van der Waals surface area contributed by atoms with Gasteiger partial charge in [0.15, 0.2) is 24.6 Å². The minimum atomic E-state index is -0.916. The van der Waals surface area contributed by atoms with Crippen LogP contribution in [0.1, 0.15) is 25.8 Å². The molecule has 10 nitrogen and oxygen atoms in total. The van der Waals surface area contributed by atoms with E-state index in [-0.39, 0.29) is 5.82 Å².